The van der Waals surface area contributed by atoms with Crippen LogP contribution in [0.1, 0.15) is 24.4 Å². The van der Waals surface area contributed by atoms with Crippen LogP contribution < -0.4 is 5.32 Å². The lowest BCUT2D eigenvalue weighted by atomic mass is 10.2. The van der Waals surface area contributed by atoms with Gasteiger partial charge in [0, 0.05) is 18.1 Å². The smallest absolute Gasteiger partial charge is 0.230 e. The van der Waals surface area contributed by atoms with E-state index >= 15 is 0 Å². The van der Waals surface area contributed by atoms with Crippen LogP contribution in [0.3, 0.4) is 0 Å². The van der Waals surface area contributed by atoms with Gasteiger partial charge in [-0.05, 0) is 12.5 Å². The minimum atomic E-state index is -0.0835. The Kier molecular flexibility index (Phi) is 5.03. The normalized spacial score (nSPS) is 12.1. The van der Waals surface area contributed by atoms with Crippen LogP contribution in [0.4, 0.5) is 0 Å². The fourth-order valence-electron chi connectivity index (χ4n) is 1.70. The van der Waals surface area contributed by atoms with Gasteiger partial charge in [-0.1, -0.05) is 30.3 Å². The van der Waals surface area contributed by atoms with E-state index in [-0.39, 0.29) is 11.9 Å². The summed E-state index contributed by atoms with van der Waals surface area (Å²) in [5.74, 6) is 2.12. The van der Waals surface area contributed by atoms with Crippen molar-refractivity contribution in [2.24, 2.45) is 0 Å². The molecule has 1 heterocycles. The topological polar surface area (TPSA) is 57.8 Å². The molecule has 100 valence electrons. The standard InChI is InChI=1S/C14H17N3OS/c1-11(14-15-7-8-16-14)17-13(18)10-19-9-12-5-3-2-4-6-12/h2-8,11H,9-10H2,1H3,(H,15,16)(H,17,18). The first-order valence-electron chi connectivity index (χ1n) is 6.16. The summed E-state index contributed by atoms with van der Waals surface area (Å²) < 4.78 is 0. The molecule has 0 saturated carbocycles. The second-order valence-electron chi connectivity index (χ2n) is 4.24. The van der Waals surface area contributed by atoms with Crippen molar-refractivity contribution >= 4 is 17.7 Å². The highest BCUT2D eigenvalue weighted by Crippen LogP contribution is 2.12. The summed E-state index contributed by atoms with van der Waals surface area (Å²) in [7, 11) is 0. The Hall–Kier alpha value is -1.75. The van der Waals surface area contributed by atoms with Crippen molar-refractivity contribution in [2.45, 2.75) is 18.7 Å². The molecule has 19 heavy (non-hydrogen) atoms. The maximum atomic E-state index is 11.8. The van der Waals surface area contributed by atoms with Gasteiger partial charge in [0.05, 0.1) is 11.8 Å². The molecule has 0 saturated heterocycles. The first kappa shape index (κ1) is 13.7. The van der Waals surface area contributed by atoms with Crippen molar-refractivity contribution < 1.29 is 4.79 Å². The van der Waals surface area contributed by atoms with Crippen molar-refractivity contribution in [1.82, 2.24) is 15.3 Å². The van der Waals surface area contributed by atoms with E-state index in [0.717, 1.165) is 11.6 Å². The van der Waals surface area contributed by atoms with Crippen LogP contribution in [0.25, 0.3) is 0 Å². The van der Waals surface area contributed by atoms with Crippen molar-refractivity contribution in [3.05, 3.63) is 54.1 Å². The number of nitrogens with zero attached hydrogens (tertiary/aromatic N) is 1. The third-order valence-corrected chi connectivity index (χ3v) is 3.66. The summed E-state index contributed by atoms with van der Waals surface area (Å²) in [6, 6.07) is 10.1. The fraction of sp³-hybridized carbons (Fsp3) is 0.286. The van der Waals surface area contributed by atoms with Gasteiger partial charge in [0.2, 0.25) is 5.91 Å². The molecule has 0 aliphatic rings. The Balaban J connectivity index is 1.70. The van der Waals surface area contributed by atoms with Crippen LogP contribution in [0.2, 0.25) is 0 Å². The number of amides is 1. The number of rotatable bonds is 6. The number of nitrogens with one attached hydrogen (secondary N) is 2. The van der Waals surface area contributed by atoms with Gasteiger partial charge in [0.15, 0.2) is 0 Å². The molecule has 1 amide bonds. The first-order chi connectivity index (χ1) is 9.25. The molecule has 0 aliphatic heterocycles. The SMILES string of the molecule is CC(NC(=O)CSCc1ccccc1)c1ncc[nH]1. The summed E-state index contributed by atoms with van der Waals surface area (Å²) in [6.45, 7) is 1.92. The minimum absolute atomic E-state index is 0.0323. The molecule has 0 aliphatic carbocycles. The Morgan fingerprint density at radius 3 is 2.89 bits per heavy atom. The fourth-order valence-corrected chi connectivity index (χ4v) is 2.50. The van der Waals surface area contributed by atoms with Gasteiger partial charge < -0.3 is 10.3 Å². The molecule has 5 heteroatoms. The van der Waals surface area contributed by atoms with Crippen molar-refractivity contribution in [1.29, 1.82) is 0 Å². The van der Waals surface area contributed by atoms with Crippen LogP contribution >= 0.6 is 11.8 Å². The Morgan fingerprint density at radius 2 is 2.21 bits per heavy atom. The highest BCUT2D eigenvalue weighted by Gasteiger charge is 2.10. The number of imidazole rings is 1. The quantitative estimate of drug-likeness (QED) is 0.851. The average Bonchev–Trinajstić information content (AvgIpc) is 2.94. The molecule has 0 radical (unpaired) electrons. The van der Waals surface area contributed by atoms with E-state index in [1.807, 2.05) is 25.1 Å². The number of aromatic nitrogens is 2. The highest BCUT2D eigenvalue weighted by atomic mass is 32.2. The van der Waals surface area contributed by atoms with Gasteiger partial charge in [-0.15, -0.1) is 11.8 Å². The summed E-state index contributed by atoms with van der Waals surface area (Å²) >= 11 is 1.61. The Bertz CT molecular complexity index is 499. The summed E-state index contributed by atoms with van der Waals surface area (Å²) in [4.78, 5) is 18.9. The van der Waals surface area contributed by atoms with E-state index in [1.165, 1.54) is 5.56 Å². The van der Waals surface area contributed by atoms with Crippen LogP contribution in [0, 0.1) is 0 Å². The Morgan fingerprint density at radius 1 is 1.42 bits per heavy atom. The van der Waals surface area contributed by atoms with Crippen molar-refractivity contribution in [3.8, 4) is 0 Å². The molecule has 1 unspecified atom stereocenters. The molecular weight excluding hydrogens is 258 g/mol. The van der Waals surface area contributed by atoms with E-state index in [4.69, 9.17) is 0 Å². The molecule has 0 spiro atoms. The molecule has 4 nitrogen and oxygen atoms in total. The van der Waals surface area contributed by atoms with Crippen LogP contribution in [-0.2, 0) is 10.5 Å². The number of carbonyl (C=O) groups is 1. The van der Waals surface area contributed by atoms with Gasteiger partial charge in [-0.2, -0.15) is 0 Å². The second-order valence-corrected chi connectivity index (χ2v) is 5.23. The zero-order chi connectivity index (χ0) is 13.5. The van der Waals surface area contributed by atoms with Gasteiger partial charge in [-0.25, -0.2) is 4.98 Å². The summed E-state index contributed by atoms with van der Waals surface area (Å²) in [5, 5.41) is 2.92. The zero-order valence-corrected chi connectivity index (χ0v) is 11.6. The third-order valence-electron chi connectivity index (χ3n) is 2.65. The second kappa shape index (κ2) is 6.99. The van der Waals surface area contributed by atoms with E-state index in [1.54, 1.807) is 24.2 Å². The summed E-state index contributed by atoms with van der Waals surface area (Å²) in [5.41, 5.74) is 1.24. The monoisotopic (exact) mass is 275 g/mol. The van der Waals surface area contributed by atoms with Crippen molar-refractivity contribution in [2.75, 3.05) is 5.75 Å². The van der Waals surface area contributed by atoms with Gasteiger partial charge in [0.25, 0.3) is 0 Å². The predicted octanol–water partition coefficient (Wildman–Crippen LogP) is 2.52. The molecule has 0 bridgehead atoms. The minimum Gasteiger partial charge on any atom is -0.347 e. The molecule has 2 aromatic rings. The maximum Gasteiger partial charge on any atom is 0.230 e. The van der Waals surface area contributed by atoms with E-state index in [2.05, 4.69) is 27.4 Å². The number of H-pyrrole nitrogens is 1. The Labute approximate surface area is 117 Å². The largest absolute Gasteiger partial charge is 0.347 e. The highest BCUT2D eigenvalue weighted by molar-refractivity contribution is 7.99. The van der Waals surface area contributed by atoms with Crippen LogP contribution in [0.5, 0.6) is 0 Å². The number of aromatic amines is 1. The molecular formula is C14H17N3OS. The molecule has 1 aromatic heterocycles. The average molecular weight is 275 g/mol. The molecule has 0 fully saturated rings. The predicted molar refractivity (Wildman–Crippen MR) is 77.7 cm³/mol. The number of carbonyl (C=O) groups excluding carboxylic acids is 1. The molecule has 2 rings (SSSR count). The number of thioether (sulfide) groups is 1. The van der Waals surface area contributed by atoms with Crippen LogP contribution in [0.15, 0.2) is 42.7 Å². The summed E-state index contributed by atoms with van der Waals surface area (Å²) in [6.07, 6.45) is 3.43. The first-order valence-corrected chi connectivity index (χ1v) is 7.31. The molecule has 2 N–H and O–H groups in total. The zero-order valence-electron chi connectivity index (χ0n) is 10.8. The third kappa shape index (κ3) is 4.44. The van der Waals surface area contributed by atoms with E-state index in [9.17, 15) is 4.79 Å². The van der Waals surface area contributed by atoms with Gasteiger partial charge in [0.1, 0.15) is 5.82 Å². The van der Waals surface area contributed by atoms with Crippen LogP contribution in [-0.4, -0.2) is 21.6 Å². The maximum absolute atomic E-state index is 11.8. The number of benzene rings is 1. The van der Waals surface area contributed by atoms with Gasteiger partial charge >= 0.3 is 0 Å². The van der Waals surface area contributed by atoms with Gasteiger partial charge in [-0.3, -0.25) is 4.79 Å². The van der Waals surface area contributed by atoms with Crippen molar-refractivity contribution in [3.63, 3.8) is 0 Å². The van der Waals surface area contributed by atoms with E-state index < -0.39 is 0 Å². The lowest BCUT2D eigenvalue weighted by molar-refractivity contribution is -0.119. The molecule has 1 atom stereocenters. The lowest BCUT2D eigenvalue weighted by Crippen LogP contribution is -2.28. The lowest BCUT2D eigenvalue weighted by Gasteiger charge is -2.11. The number of hydrogen-bond donors (Lipinski definition) is 2. The molecule has 1 aromatic carbocycles. The van der Waals surface area contributed by atoms with E-state index in [0.29, 0.717) is 5.75 Å². The number of hydrogen-bond acceptors (Lipinski definition) is 3.